The second kappa shape index (κ2) is 35.8. The van der Waals surface area contributed by atoms with Gasteiger partial charge in [-0.05, 0) is 26.7 Å². The maximum atomic E-state index is 11.6. The molecular weight excluding hydrogens is 698 g/mol. The molecule has 312 valence electrons. The Labute approximate surface area is 316 Å². The van der Waals surface area contributed by atoms with E-state index in [2.05, 4.69) is 24.2 Å². The van der Waals surface area contributed by atoms with Crippen molar-refractivity contribution in [2.75, 3.05) is 159 Å². The maximum absolute atomic E-state index is 11.6. The van der Waals surface area contributed by atoms with Crippen molar-refractivity contribution in [1.29, 1.82) is 0 Å². The number of esters is 1. The van der Waals surface area contributed by atoms with Crippen molar-refractivity contribution in [3.05, 3.63) is 11.9 Å². The van der Waals surface area contributed by atoms with Gasteiger partial charge in [0.25, 0.3) is 0 Å². The van der Waals surface area contributed by atoms with Gasteiger partial charge in [0.05, 0.1) is 177 Å². The van der Waals surface area contributed by atoms with E-state index in [9.17, 15) is 4.79 Å². The van der Waals surface area contributed by atoms with Crippen LogP contribution in [-0.4, -0.2) is 185 Å². The van der Waals surface area contributed by atoms with Crippen LogP contribution in [0.3, 0.4) is 0 Å². The van der Waals surface area contributed by atoms with Gasteiger partial charge >= 0.3 is 5.97 Å². The number of nitrogens with zero attached hydrogens (tertiary/aromatic N) is 3. The number of rotatable bonds is 40. The molecule has 0 amide bonds. The van der Waals surface area contributed by atoms with Crippen molar-refractivity contribution in [2.45, 2.75) is 59.1 Å². The van der Waals surface area contributed by atoms with Gasteiger partial charge in [-0.1, -0.05) is 19.1 Å². The lowest BCUT2D eigenvalue weighted by atomic mass is 10.2. The molecule has 0 aliphatic heterocycles. The van der Waals surface area contributed by atoms with Crippen molar-refractivity contribution in [1.82, 2.24) is 15.0 Å². The largest absolute Gasteiger partial charge is 0.460 e. The quantitative estimate of drug-likeness (QED) is 0.0705. The molecule has 0 N–H and O–H groups in total. The molecule has 0 aromatic carbocycles. The van der Waals surface area contributed by atoms with Crippen LogP contribution < -0.4 is 0 Å². The summed E-state index contributed by atoms with van der Waals surface area (Å²) in [4.78, 5) is 11.6. The van der Waals surface area contributed by atoms with Crippen molar-refractivity contribution >= 4 is 5.97 Å². The van der Waals surface area contributed by atoms with Gasteiger partial charge in [0.1, 0.15) is 5.60 Å². The van der Waals surface area contributed by atoms with Crippen molar-refractivity contribution < 1.29 is 66.4 Å². The molecular formula is C36H69N3O14. The third-order valence-corrected chi connectivity index (χ3v) is 6.58. The Morgan fingerprint density at radius 1 is 0.509 bits per heavy atom. The van der Waals surface area contributed by atoms with Crippen LogP contribution in [0.2, 0.25) is 0 Å². The van der Waals surface area contributed by atoms with Crippen LogP contribution in [0.1, 0.15) is 52.7 Å². The molecule has 1 heterocycles. The summed E-state index contributed by atoms with van der Waals surface area (Å²) in [5.74, 6) is 0.105. The first-order chi connectivity index (χ1) is 25.8. The Morgan fingerprint density at radius 3 is 1.06 bits per heavy atom. The molecule has 17 nitrogen and oxygen atoms in total. The molecule has 0 unspecified atom stereocenters. The summed E-state index contributed by atoms with van der Waals surface area (Å²) in [5, 5.41) is 8.21. The Kier molecular flexibility index (Phi) is 33.2. The third-order valence-electron chi connectivity index (χ3n) is 6.58. The number of aromatic nitrogens is 3. The molecule has 0 bridgehead atoms. The van der Waals surface area contributed by atoms with Gasteiger partial charge < -0.3 is 61.6 Å². The highest BCUT2D eigenvalue weighted by molar-refractivity contribution is 5.69. The summed E-state index contributed by atoms with van der Waals surface area (Å²) in [5.41, 5.74) is 0.510. The molecule has 0 aliphatic carbocycles. The van der Waals surface area contributed by atoms with E-state index in [0.29, 0.717) is 171 Å². The van der Waals surface area contributed by atoms with Gasteiger partial charge in [0.2, 0.25) is 0 Å². The molecule has 0 aliphatic rings. The van der Waals surface area contributed by atoms with E-state index in [4.69, 9.17) is 61.6 Å². The molecule has 0 spiro atoms. The van der Waals surface area contributed by atoms with Gasteiger partial charge in [-0.3, -0.25) is 4.79 Å². The summed E-state index contributed by atoms with van der Waals surface area (Å²) >= 11 is 0. The molecule has 1 aromatic rings. The van der Waals surface area contributed by atoms with E-state index in [1.54, 1.807) is 4.68 Å². The molecule has 0 atom stereocenters. The molecule has 0 radical (unpaired) electrons. The van der Waals surface area contributed by atoms with Crippen molar-refractivity contribution in [3.8, 4) is 0 Å². The topological polar surface area (TPSA) is 168 Å². The Morgan fingerprint density at radius 2 is 0.792 bits per heavy atom. The zero-order chi connectivity index (χ0) is 38.5. The summed E-state index contributed by atoms with van der Waals surface area (Å²) in [7, 11) is 0. The van der Waals surface area contributed by atoms with E-state index < -0.39 is 5.60 Å². The van der Waals surface area contributed by atoms with Crippen molar-refractivity contribution in [3.63, 3.8) is 0 Å². The molecule has 0 fully saturated rings. The molecule has 0 saturated heterocycles. The first-order valence-corrected chi connectivity index (χ1v) is 18.8. The number of hydrogen-bond acceptors (Lipinski definition) is 16. The van der Waals surface area contributed by atoms with Crippen LogP contribution in [0, 0.1) is 0 Å². The van der Waals surface area contributed by atoms with E-state index in [1.807, 2.05) is 27.0 Å². The average molecular weight is 768 g/mol. The van der Waals surface area contributed by atoms with Crippen LogP contribution in [0.25, 0.3) is 0 Å². The van der Waals surface area contributed by atoms with Crippen LogP contribution in [-0.2, 0) is 72.9 Å². The van der Waals surface area contributed by atoms with E-state index in [0.717, 1.165) is 5.69 Å². The fourth-order valence-electron chi connectivity index (χ4n) is 3.91. The van der Waals surface area contributed by atoms with Crippen LogP contribution >= 0.6 is 0 Å². The monoisotopic (exact) mass is 767 g/mol. The molecule has 53 heavy (non-hydrogen) atoms. The minimum atomic E-state index is -0.476. The van der Waals surface area contributed by atoms with E-state index in [-0.39, 0.29) is 12.4 Å². The molecule has 0 saturated carbocycles. The minimum absolute atomic E-state index is 0.230. The maximum Gasteiger partial charge on any atom is 0.308 e. The number of carbonyl (C=O) groups excluding carboxylic acids is 1. The number of carbonyl (C=O) groups is 1. The third kappa shape index (κ3) is 35.6. The standard InChI is InChI=1S/C36H69N3O14/c1-33(2)34-32-39(38-37-34)7-9-42-11-13-44-15-17-46-19-21-48-23-25-50-27-29-52-31-30-51-28-26-49-24-22-47-20-18-45-16-14-43-12-10-41-8-6-35(40)53-36(3,4)5/h32-33H,6-31H2,1-5H3. The second-order valence-electron chi connectivity index (χ2n) is 12.7. The summed E-state index contributed by atoms with van der Waals surface area (Å²) in [6.07, 6.45) is 2.18. The van der Waals surface area contributed by atoms with Gasteiger partial charge in [-0.2, -0.15) is 0 Å². The van der Waals surface area contributed by atoms with Gasteiger partial charge in [-0.15, -0.1) is 5.10 Å². The smallest absolute Gasteiger partial charge is 0.308 e. The predicted octanol–water partition coefficient (Wildman–Crippen LogP) is 2.33. The first kappa shape index (κ1) is 49.1. The van der Waals surface area contributed by atoms with E-state index in [1.165, 1.54) is 0 Å². The summed E-state index contributed by atoms with van der Waals surface area (Å²) in [6, 6.07) is 0. The second-order valence-corrected chi connectivity index (χ2v) is 12.7. The van der Waals surface area contributed by atoms with Crippen LogP contribution in [0.5, 0.6) is 0 Å². The lowest BCUT2D eigenvalue weighted by Gasteiger charge is -2.19. The highest BCUT2D eigenvalue weighted by Gasteiger charge is 2.15. The normalized spacial score (nSPS) is 12.0. The van der Waals surface area contributed by atoms with Gasteiger partial charge in [0.15, 0.2) is 0 Å². The van der Waals surface area contributed by atoms with Crippen molar-refractivity contribution in [2.24, 2.45) is 0 Å². The highest BCUT2D eigenvalue weighted by atomic mass is 16.6. The highest BCUT2D eigenvalue weighted by Crippen LogP contribution is 2.09. The summed E-state index contributed by atoms with van der Waals surface area (Å²) < 4.78 is 72.8. The zero-order valence-electron chi connectivity index (χ0n) is 33.1. The Hall–Kier alpha value is -1.87. The first-order valence-electron chi connectivity index (χ1n) is 18.8. The lowest BCUT2D eigenvalue weighted by Crippen LogP contribution is -2.24. The SMILES string of the molecule is CC(C)c1cn(CCOCCOCCOCCOCCOCCOCCOCCOCCOCCOCCOCCOCCC(=O)OC(C)(C)C)nn1. The fraction of sp³-hybridized carbons (Fsp3) is 0.917. The minimum Gasteiger partial charge on any atom is -0.460 e. The molecule has 1 rings (SSSR count). The van der Waals surface area contributed by atoms with E-state index >= 15 is 0 Å². The van der Waals surface area contributed by atoms with Gasteiger partial charge in [-0.25, -0.2) is 4.68 Å². The Bertz CT molecular complexity index is 935. The average Bonchev–Trinajstić information content (AvgIpc) is 3.60. The molecule has 17 heteroatoms. The zero-order valence-corrected chi connectivity index (χ0v) is 33.1. The number of ether oxygens (including phenoxy) is 13. The van der Waals surface area contributed by atoms with Gasteiger partial charge in [0, 0.05) is 6.20 Å². The Balaban J connectivity index is 1.64. The lowest BCUT2D eigenvalue weighted by molar-refractivity contribution is -0.156. The van der Waals surface area contributed by atoms with Crippen LogP contribution in [0.15, 0.2) is 6.20 Å². The fourth-order valence-corrected chi connectivity index (χ4v) is 3.91. The number of hydrogen-bond donors (Lipinski definition) is 0. The summed E-state index contributed by atoms with van der Waals surface area (Å²) in [6.45, 7) is 22.1. The molecule has 1 aromatic heterocycles. The predicted molar refractivity (Wildman–Crippen MR) is 194 cm³/mol. The van der Waals surface area contributed by atoms with Crippen LogP contribution in [0.4, 0.5) is 0 Å².